The van der Waals surface area contributed by atoms with Crippen molar-refractivity contribution in [3.05, 3.63) is 93.2 Å². The van der Waals surface area contributed by atoms with Crippen molar-refractivity contribution in [3.8, 4) is 0 Å². The highest BCUT2D eigenvalue weighted by atomic mass is 35.5. The van der Waals surface area contributed by atoms with Crippen molar-refractivity contribution in [1.29, 1.82) is 0 Å². The molecule has 1 amide bonds. The average Bonchev–Trinajstić information content (AvgIpc) is 3.26. The summed E-state index contributed by atoms with van der Waals surface area (Å²) >= 11 is 12.3. The second-order valence-corrected chi connectivity index (χ2v) is 9.19. The highest BCUT2D eigenvalue weighted by Gasteiger charge is 2.39. The zero-order valence-electron chi connectivity index (χ0n) is 18.4. The molecule has 1 aliphatic heterocycles. The van der Waals surface area contributed by atoms with Crippen molar-refractivity contribution in [1.82, 2.24) is 19.8 Å². The topological polar surface area (TPSA) is 49.3 Å². The molecule has 1 unspecified atom stereocenters. The molecule has 35 heavy (non-hydrogen) atoms. The third-order valence-electron chi connectivity index (χ3n) is 6.07. The van der Waals surface area contributed by atoms with Gasteiger partial charge in [0.05, 0.1) is 21.8 Å². The molecule has 184 valence electrons. The number of likely N-dealkylation sites (N-methyl/N-ethyl adjacent to an activating group) is 1. The van der Waals surface area contributed by atoms with Gasteiger partial charge in [0.15, 0.2) is 0 Å². The predicted octanol–water partition coefficient (Wildman–Crippen LogP) is 5.68. The Balaban J connectivity index is 1.61. The number of halogens is 6. The van der Waals surface area contributed by atoms with Gasteiger partial charge in [-0.15, -0.1) is 0 Å². The lowest BCUT2D eigenvalue weighted by atomic mass is 9.93. The predicted molar refractivity (Wildman–Crippen MR) is 124 cm³/mol. The number of hydrogen-bond acceptors (Lipinski definition) is 4. The number of benzene rings is 2. The first-order chi connectivity index (χ1) is 16.5. The zero-order chi connectivity index (χ0) is 25.3. The van der Waals surface area contributed by atoms with Crippen LogP contribution in [0.5, 0.6) is 0 Å². The number of nitrogens with zero attached hydrogens (tertiary/aromatic N) is 4. The van der Waals surface area contributed by atoms with E-state index in [0.29, 0.717) is 28.7 Å². The van der Waals surface area contributed by atoms with Gasteiger partial charge in [-0.1, -0.05) is 35.3 Å². The van der Waals surface area contributed by atoms with Gasteiger partial charge in [0.1, 0.15) is 11.5 Å². The van der Waals surface area contributed by atoms with Crippen molar-refractivity contribution in [2.24, 2.45) is 0 Å². The summed E-state index contributed by atoms with van der Waals surface area (Å²) in [5, 5.41) is 0.764. The van der Waals surface area contributed by atoms with Gasteiger partial charge in [-0.05, 0) is 42.4 Å². The molecule has 0 radical (unpaired) electrons. The largest absolute Gasteiger partial charge is 0.419 e. The van der Waals surface area contributed by atoms with Crippen LogP contribution in [0.25, 0.3) is 0 Å². The van der Waals surface area contributed by atoms with Gasteiger partial charge < -0.3 is 4.90 Å². The third-order valence-corrected chi connectivity index (χ3v) is 6.81. The van der Waals surface area contributed by atoms with Crippen LogP contribution in [0.2, 0.25) is 10.0 Å². The molecule has 5 nitrogen and oxygen atoms in total. The number of likely N-dealkylation sites (tertiary alicyclic amines) is 1. The Kier molecular flexibility index (Phi) is 7.30. The summed E-state index contributed by atoms with van der Waals surface area (Å²) in [6, 6.07) is 7.90. The van der Waals surface area contributed by atoms with Crippen molar-refractivity contribution in [3.63, 3.8) is 0 Å². The highest BCUT2D eigenvalue weighted by Crippen LogP contribution is 2.36. The van der Waals surface area contributed by atoms with E-state index in [0.717, 1.165) is 17.7 Å². The van der Waals surface area contributed by atoms with Crippen LogP contribution in [-0.2, 0) is 12.7 Å². The molecule has 0 N–H and O–H groups in total. The van der Waals surface area contributed by atoms with Gasteiger partial charge >= 0.3 is 6.18 Å². The molecule has 0 bridgehead atoms. The van der Waals surface area contributed by atoms with Gasteiger partial charge in [0.2, 0.25) is 0 Å². The molecule has 2 heterocycles. The number of hydrogen-bond donors (Lipinski definition) is 0. The van der Waals surface area contributed by atoms with Crippen molar-refractivity contribution in [2.45, 2.75) is 24.7 Å². The molecule has 4 rings (SSSR count). The first kappa shape index (κ1) is 25.3. The van der Waals surface area contributed by atoms with E-state index >= 15 is 0 Å². The summed E-state index contributed by atoms with van der Waals surface area (Å²) in [5.41, 5.74) is 0.126. The monoisotopic (exact) mass is 526 g/mol. The lowest BCUT2D eigenvalue weighted by molar-refractivity contribution is -0.140. The summed E-state index contributed by atoms with van der Waals surface area (Å²) in [4.78, 5) is 24.6. The van der Waals surface area contributed by atoms with Crippen LogP contribution in [0.1, 0.15) is 33.1 Å². The quantitative estimate of drug-likeness (QED) is 0.401. The number of carbonyl (C=O) groups is 1. The molecular weight excluding hydrogens is 507 g/mol. The average molecular weight is 527 g/mol. The fourth-order valence-corrected chi connectivity index (χ4v) is 4.64. The molecule has 11 heteroatoms. The summed E-state index contributed by atoms with van der Waals surface area (Å²) in [6.07, 6.45) is -0.472. The van der Waals surface area contributed by atoms with E-state index in [4.69, 9.17) is 23.2 Å². The van der Waals surface area contributed by atoms with Crippen molar-refractivity contribution >= 4 is 29.1 Å². The molecule has 3 aromatic rings. The van der Waals surface area contributed by atoms with Crippen LogP contribution >= 0.6 is 23.2 Å². The van der Waals surface area contributed by atoms with Gasteiger partial charge in [-0.3, -0.25) is 14.7 Å². The van der Waals surface area contributed by atoms with Gasteiger partial charge in [0, 0.05) is 44.0 Å². The van der Waals surface area contributed by atoms with Crippen molar-refractivity contribution < 1.29 is 22.4 Å². The van der Waals surface area contributed by atoms with Gasteiger partial charge in [-0.2, -0.15) is 13.2 Å². The number of alkyl halides is 3. The van der Waals surface area contributed by atoms with E-state index in [1.165, 1.54) is 24.7 Å². The zero-order valence-corrected chi connectivity index (χ0v) is 19.9. The maximum Gasteiger partial charge on any atom is 0.419 e. The van der Waals surface area contributed by atoms with Gasteiger partial charge in [-0.25, -0.2) is 9.37 Å². The van der Waals surface area contributed by atoms with Crippen LogP contribution in [0.4, 0.5) is 17.6 Å². The normalized spacial score (nSPS) is 18.3. The summed E-state index contributed by atoms with van der Waals surface area (Å²) < 4.78 is 52.9. The molecule has 0 aliphatic carbocycles. The van der Waals surface area contributed by atoms with Crippen LogP contribution in [-0.4, -0.2) is 51.9 Å². The molecule has 1 fully saturated rings. The lowest BCUT2D eigenvalue weighted by Gasteiger charge is -2.29. The lowest BCUT2D eigenvalue weighted by Crippen LogP contribution is -2.38. The SMILES string of the molecule is CN(Cc1ccc(C(F)(F)F)c(F)c1)C1CN(C(=O)c2cnccn2)C[C@@H]1c1ccc(Cl)c(Cl)c1. The second kappa shape index (κ2) is 10.1. The third kappa shape index (κ3) is 5.58. The maximum absolute atomic E-state index is 14.1. The number of carbonyl (C=O) groups excluding carboxylic acids is 1. The first-order valence-corrected chi connectivity index (χ1v) is 11.4. The summed E-state index contributed by atoms with van der Waals surface area (Å²) in [7, 11) is 1.78. The molecule has 1 saturated heterocycles. The Morgan fingerprint density at radius 2 is 1.89 bits per heavy atom. The standard InChI is InChI=1S/C24H20Cl2F4N4O/c1-33(11-14-2-4-17(20(27)8-14)24(28,29)30)22-13-34(23(35)21-10-31-6-7-32-21)12-16(22)15-3-5-18(25)19(26)9-15/h2-10,16,22H,11-13H2,1H3/t16-,22?/m1/s1. The molecule has 0 spiro atoms. The smallest absolute Gasteiger partial charge is 0.335 e. The van der Waals surface area contributed by atoms with Crippen LogP contribution in [0.3, 0.4) is 0 Å². The van der Waals surface area contributed by atoms with E-state index in [1.54, 1.807) is 24.1 Å². The van der Waals surface area contributed by atoms with E-state index in [9.17, 15) is 22.4 Å². The first-order valence-electron chi connectivity index (χ1n) is 10.6. The van der Waals surface area contributed by atoms with Crippen LogP contribution in [0, 0.1) is 5.82 Å². The fourth-order valence-electron chi connectivity index (χ4n) is 4.33. The fraction of sp³-hybridized carbons (Fsp3) is 0.292. The number of aromatic nitrogens is 2. The van der Waals surface area contributed by atoms with E-state index in [2.05, 4.69) is 9.97 Å². The minimum atomic E-state index is -4.76. The van der Waals surface area contributed by atoms with E-state index in [-0.39, 0.29) is 30.1 Å². The van der Waals surface area contributed by atoms with E-state index in [1.807, 2.05) is 11.0 Å². The number of amides is 1. The molecule has 1 aliphatic rings. The Labute approximate surface area is 209 Å². The minimum Gasteiger partial charge on any atom is -0.335 e. The summed E-state index contributed by atoms with van der Waals surface area (Å²) in [6.45, 7) is 0.842. The Hall–Kier alpha value is -2.75. The molecule has 2 aromatic carbocycles. The van der Waals surface area contributed by atoms with Crippen molar-refractivity contribution in [2.75, 3.05) is 20.1 Å². The minimum absolute atomic E-state index is 0.171. The van der Waals surface area contributed by atoms with E-state index < -0.39 is 17.6 Å². The second-order valence-electron chi connectivity index (χ2n) is 8.38. The van der Waals surface area contributed by atoms with Crippen LogP contribution in [0.15, 0.2) is 55.0 Å². The molecule has 1 aromatic heterocycles. The Morgan fingerprint density at radius 1 is 1.11 bits per heavy atom. The molecule has 0 saturated carbocycles. The van der Waals surface area contributed by atoms with Crippen LogP contribution < -0.4 is 0 Å². The molecule has 2 atom stereocenters. The summed E-state index contributed by atoms with van der Waals surface area (Å²) in [5.74, 6) is -1.80. The highest BCUT2D eigenvalue weighted by molar-refractivity contribution is 6.42. The maximum atomic E-state index is 14.1. The molecular formula is C24H20Cl2F4N4O. The Bertz CT molecular complexity index is 1230. The van der Waals surface area contributed by atoms with Gasteiger partial charge in [0.25, 0.3) is 5.91 Å². The Morgan fingerprint density at radius 3 is 2.51 bits per heavy atom. The number of rotatable bonds is 5.